The van der Waals surface area contributed by atoms with Gasteiger partial charge in [0.15, 0.2) is 0 Å². The van der Waals surface area contributed by atoms with Crippen molar-refractivity contribution in [2.24, 2.45) is 0 Å². The molecule has 0 unspecified atom stereocenters. The molecule has 0 aliphatic carbocycles. The number of nitrogens with zero attached hydrogens (tertiary/aromatic N) is 1. The molecule has 1 saturated heterocycles. The molecule has 1 heterocycles. The van der Waals surface area contributed by atoms with Gasteiger partial charge in [-0.2, -0.15) is 0 Å². The van der Waals surface area contributed by atoms with E-state index in [1.807, 2.05) is 0 Å². The summed E-state index contributed by atoms with van der Waals surface area (Å²) < 4.78 is 1.16. The van der Waals surface area contributed by atoms with Crippen LogP contribution in [-0.2, 0) is 20.7 Å². The molecule has 0 atom stereocenters. The molecule has 0 amide bonds. The van der Waals surface area contributed by atoms with E-state index in [0.29, 0.717) is 0 Å². The Kier molecular flexibility index (Phi) is 23.1. The summed E-state index contributed by atoms with van der Waals surface area (Å²) in [7, 11) is 2.35. The Morgan fingerprint density at radius 2 is 0.905 bits per heavy atom. The molecule has 0 aromatic rings. The van der Waals surface area contributed by atoms with Crippen LogP contribution in [0.3, 0.4) is 0 Å². The van der Waals surface area contributed by atoms with Crippen LogP contribution in [0, 0.1) is 0 Å². The van der Waals surface area contributed by atoms with Crippen molar-refractivity contribution in [2.45, 2.75) is 25.7 Å². The largest absolute Gasteiger partial charge is 1.00 e. The molecule has 0 saturated carbocycles. The van der Waals surface area contributed by atoms with Crippen LogP contribution in [0.25, 0.3) is 0 Å². The Hall–Kier alpha value is 1.42. The van der Waals surface area contributed by atoms with Gasteiger partial charge in [0.1, 0.15) is 0 Å². The van der Waals surface area contributed by atoms with Gasteiger partial charge < -0.3 is 37.2 Å². The second kappa shape index (κ2) is 17.8. The van der Waals surface area contributed by atoms with E-state index in [0.717, 1.165) is 29.1 Å². The molecular formula is C13H30Cl3N4Ti-2. The zero-order chi connectivity index (χ0) is 13.1. The summed E-state index contributed by atoms with van der Waals surface area (Å²) in [6, 6.07) is 0. The van der Waals surface area contributed by atoms with Crippen LogP contribution < -0.4 is 53.2 Å². The van der Waals surface area contributed by atoms with E-state index in [1.165, 1.54) is 51.9 Å². The zero-order valence-electron chi connectivity index (χ0n) is 13.1. The van der Waals surface area contributed by atoms with Crippen LogP contribution >= 0.6 is 0 Å². The first-order chi connectivity index (χ1) is 8.71. The van der Waals surface area contributed by atoms with Gasteiger partial charge in [0.2, 0.25) is 0 Å². The third-order valence-electron chi connectivity index (χ3n) is 3.42. The predicted molar refractivity (Wildman–Crippen MR) is 73.0 cm³/mol. The first kappa shape index (κ1) is 27.3. The summed E-state index contributed by atoms with van der Waals surface area (Å²) in [6.07, 6.45) is 5.05. The van der Waals surface area contributed by atoms with Crippen LogP contribution in [0.15, 0.2) is 0 Å². The minimum Gasteiger partial charge on any atom is -1.00 e. The molecule has 1 aliphatic rings. The summed E-state index contributed by atoms with van der Waals surface area (Å²) in [5, 5.41) is 10.6. The minimum atomic E-state index is 0. The van der Waals surface area contributed by atoms with Gasteiger partial charge in [0.25, 0.3) is 0 Å². The SMILES string of the molecule is C[N+]1([Ti])CCCNCCCNCCCNCCC1.[Cl-].[Cl-].[Cl-]. The van der Waals surface area contributed by atoms with Gasteiger partial charge in [0, 0.05) is 0 Å². The van der Waals surface area contributed by atoms with Crippen molar-refractivity contribution in [2.75, 3.05) is 59.4 Å². The summed E-state index contributed by atoms with van der Waals surface area (Å²) in [4.78, 5) is 0. The molecule has 0 aromatic carbocycles. The molecule has 4 nitrogen and oxygen atoms in total. The standard InChI is InChI=1S/C13H30N4.3ClH.Ti/c1-17-12-4-10-15-8-2-6-14-7-3-9-16-11-5-13-17;;;;/h14-16H,2-13H2,1H3;3*1H;/q;;;;+1/p-3. The summed E-state index contributed by atoms with van der Waals surface area (Å²) >= 11 is 2.35. The average molecular weight is 397 g/mol. The number of hydrogen-bond acceptors (Lipinski definition) is 3. The van der Waals surface area contributed by atoms with Gasteiger partial charge in [-0.25, -0.2) is 0 Å². The third-order valence-corrected chi connectivity index (χ3v) is 4.12. The van der Waals surface area contributed by atoms with Crippen molar-refractivity contribution >= 4 is 0 Å². The number of quaternary nitrogens is 1. The molecule has 0 radical (unpaired) electrons. The molecular weight excluding hydrogens is 366 g/mol. The van der Waals surface area contributed by atoms with Crippen molar-refractivity contribution in [1.82, 2.24) is 16.0 Å². The van der Waals surface area contributed by atoms with Gasteiger partial charge in [-0.05, 0) is 0 Å². The smallest absolute Gasteiger partial charge is 1.00 e. The monoisotopic (exact) mass is 395 g/mol. The molecule has 8 heteroatoms. The Morgan fingerprint density at radius 3 is 1.24 bits per heavy atom. The Bertz CT molecular complexity index is 194. The van der Waals surface area contributed by atoms with E-state index in [9.17, 15) is 0 Å². The number of rotatable bonds is 0. The normalized spacial score (nSPS) is 21.9. The van der Waals surface area contributed by atoms with Gasteiger partial charge in [-0.1, -0.05) is 0 Å². The van der Waals surface area contributed by atoms with Crippen molar-refractivity contribution in [3.63, 3.8) is 0 Å². The van der Waals surface area contributed by atoms with E-state index < -0.39 is 0 Å². The van der Waals surface area contributed by atoms with Crippen LogP contribution in [0.4, 0.5) is 0 Å². The number of hydrogen-bond donors (Lipinski definition) is 3. The van der Waals surface area contributed by atoms with E-state index in [-0.39, 0.29) is 37.2 Å². The van der Waals surface area contributed by atoms with Gasteiger partial charge in [-0.15, -0.1) is 0 Å². The summed E-state index contributed by atoms with van der Waals surface area (Å²) in [5.41, 5.74) is 0. The molecule has 1 rings (SSSR count). The third kappa shape index (κ3) is 17.6. The molecule has 1 aliphatic heterocycles. The molecule has 0 aromatic heterocycles. The maximum atomic E-state index is 3.54. The van der Waals surface area contributed by atoms with Crippen LogP contribution in [0.2, 0.25) is 0 Å². The molecule has 21 heavy (non-hydrogen) atoms. The van der Waals surface area contributed by atoms with Crippen molar-refractivity contribution in [1.29, 1.82) is 0 Å². The minimum absolute atomic E-state index is 0. The van der Waals surface area contributed by atoms with E-state index >= 15 is 0 Å². The Balaban J connectivity index is -0.00000108. The first-order valence-electron chi connectivity index (χ1n) is 7.42. The Labute approximate surface area is 161 Å². The fourth-order valence-corrected chi connectivity index (χ4v) is 2.76. The second-order valence-electron chi connectivity index (χ2n) is 5.51. The molecule has 3 N–H and O–H groups in total. The van der Waals surface area contributed by atoms with E-state index in [2.05, 4.69) is 43.7 Å². The zero-order valence-corrected chi connectivity index (χ0v) is 16.9. The summed E-state index contributed by atoms with van der Waals surface area (Å²) in [5.74, 6) is 0. The molecule has 0 bridgehead atoms. The first-order valence-corrected chi connectivity index (χ1v) is 8.12. The maximum absolute atomic E-state index is 3.54. The van der Waals surface area contributed by atoms with Crippen molar-refractivity contribution in [3.05, 3.63) is 0 Å². The molecule has 129 valence electrons. The Morgan fingerprint density at radius 1 is 0.619 bits per heavy atom. The maximum Gasteiger partial charge on any atom is -1.00 e. The fourth-order valence-electron chi connectivity index (χ4n) is 2.27. The van der Waals surface area contributed by atoms with Crippen LogP contribution in [0.1, 0.15) is 25.7 Å². The van der Waals surface area contributed by atoms with Crippen LogP contribution in [0.5, 0.6) is 0 Å². The van der Waals surface area contributed by atoms with E-state index in [1.54, 1.807) is 0 Å². The predicted octanol–water partition coefficient (Wildman–Crippen LogP) is -8.75. The topological polar surface area (TPSA) is 36.1 Å². The number of nitrogens with one attached hydrogen (secondary N) is 3. The summed E-state index contributed by atoms with van der Waals surface area (Å²) in [6.45, 7) is 9.50. The molecule has 1 fully saturated rings. The van der Waals surface area contributed by atoms with Gasteiger partial charge in [-0.3, -0.25) is 0 Å². The number of halogens is 3. The fraction of sp³-hybridized carbons (Fsp3) is 1.00. The second-order valence-corrected chi connectivity index (χ2v) is 7.19. The van der Waals surface area contributed by atoms with Crippen molar-refractivity contribution in [3.8, 4) is 0 Å². The van der Waals surface area contributed by atoms with Gasteiger partial charge in [0.05, 0.1) is 0 Å². The van der Waals surface area contributed by atoms with E-state index in [4.69, 9.17) is 0 Å². The van der Waals surface area contributed by atoms with Crippen LogP contribution in [-0.4, -0.2) is 62.4 Å². The van der Waals surface area contributed by atoms with Gasteiger partial charge >= 0.3 is 125 Å². The average Bonchev–Trinajstić information content (AvgIpc) is 2.32. The van der Waals surface area contributed by atoms with Crippen molar-refractivity contribution < 1.29 is 60.9 Å². The molecule has 0 spiro atoms. The quantitative estimate of drug-likeness (QED) is 0.356.